The number of alkyl halides is 1. The van der Waals surface area contributed by atoms with Crippen LogP contribution in [0.1, 0.15) is 11.4 Å². The highest BCUT2D eigenvalue weighted by Crippen LogP contribution is 2.07. The van der Waals surface area contributed by atoms with Crippen LogP contribution in [-0.4, -0.2) is 27.3 Å². The molecule has 94 valence electrons. The Kier molecular flexibility index (Phi) is 5.12. The molecule has 3 nitrogen and oxygen atoms in total. The number of rotatable bonds is 6. The first-order chi connectivity index (χ1) is 8.88. The van der Waals surface area contributed by atoms with Crippen molar-refractivity contribution in [2.24, 2.45) is 0 Å². The Balaban J connectivity index is 2.00. The number of hydrogen-bond donors (Lipinski definition) is 0. The van der Waals surface area contributed by atoms with Crippen molar-refractivity contribution in [3.05, 3.63) is 60.2 Å². The molecule has 1 aromatic heterocycles. The fraction of sp³-hybridized carbons (Fsp3) is 0.286. The highest BCUT2D eigenvalue weighted by atomic mass is 35.5. The maximum absolute atomic E-state index is 5.85. The molecule has 0 aliphatic rings. The fourth-order valence-electron chi connectivity index (χ4n) is 1.79. The van der Waals surface area contributed by atoms with E-state index in [1.807, 2.05) is 24.3 Å². The molecule has 0 saturated carbocycles. The molecule has 0 saturated heterocycles. The molecule has 0 unspecified atom stereocenters. The molecule has 2 aromatic rings. The van der Waals surface area contributed by atoms with Crippen LogP contribution in [0.5, 0.6) is 0 Å². The van der Waals surface area contributed by atoms with Crippen LogP contribution in [0.2, 0.25) is 0 Å². The fourth-order valence-corrected chi connectivity index (χ4v) is 2.03. The van der Waals surface area contributed by atoms with Gasteiger partial charge in [-0.25, -0.2) is 9.97 Å². The maximum atomic E-state index is 5.85. The van der Waals surface area contributed by atoms with Crippen LogP contribution in [0.3, 0.4) is 0 Å². The van der Waals surface area contributed by atoms with Gasteiger partial charge in [-0.2, -0.15) is 0 Å². The lowest BCUT2D eigenvalue weighted by molar-refractivity contribution is 0.266. The average Bonchev–Trinajstić information content (AvgIpc) is 2.41. The number of nitrogens with zero attached hydrogens (tertiary/aromatic N) is 3. The minimum atomic E-state index is 0.611. The van der Waals surface area contributed by atoms with Crippen molar-refractivity contribution in [2.45, 2.75) is 13.1 Å². The number of benzene rings is 1. The molecule has 0 radical (unpaired) electrons. The van der Waals surface area contributed by atoms with Gasteiger partial charge in [0.1, 0.15) is 5.82 Å². The van der Waals surface area contributed by atoms with Crippen molar-refractivity contribution in [3.8, 4) is 0 Å². The van der Waals surface area contributed by atoms with Gasteiger partial charge in [-0.05, 0) is 11.6 Å². The average molecular weight is 262 g/mol. The predicted octanol–water partition coefficient (Wildman–Crippen LogP) is 2.72. The molecule has 0 fully saturated rings. The Morgan fingerprint density at radius 3 is 2.33 bits per heavy atom. The Morgan fingerprint density at radius 2 is 1.67 bits per heavy atom. The molecule has 1 aromatic carbocycles. The van der Waals surface area contributed by atoms with Gasteiger partial charge in [0, 0.05) is 31.4 Å². The molecule has 4 heteroatoms. The lowest BCUT2D eigenvalue weighted by atomic mass is 10.2. The van der Waals surface area contributed by atoms with Crippen molar-refractivity contribution in [1.29, 1.82) is 0 Å². The third-order valence-corrected chi connectivity index (χ3v) is 2.80. The summed E-state index contributed by atoms with van der Waals surface area (Å²) in [4.78, 5) is 10.7. The van der Waals surface area contributed by atoms with Crippen molar-refractivity contribution in [2.75, 3.05) is 12.4 Å². The van der Waals surface area contributed by atoms with Gasteiger partial charge in [-0.15, -0.1) is 11.6 Å². The molecule has 0 bridgehead atoms. The summed E-state index contributed by atoms with van der Waals surface area (Å²) in [6.45, 7) is 2.42. The Morgan fingerprint density at radius 1 is 0.944 bits per heavy atom. The Labute approximate surface area is 112 Å². The quantitative estimate of drug-likeness (QED) is 0.749. The van der Waals surface area contributed by atoms with E-state index in [9.17, 15) is 0 Å². The second-order valence-corrected chi connectivity index (χ2v) is 4.43. The third kappa shape index (κ3) is 4.09. The summed E-state index contributed by atoms with van der Waals surface area (Å²) < 4.78 is 0. The monoisotopic (exact) mass is 261 g/mol. The summed E-state index contributed by atoms with van der Waals surface area (Å²) in [5.74, 6) is 1.44. The molecule has 0 aliphatic carbocycles. The molecular formula is C14H16ClN3. The molecule has 2 rings (SSSR count). The maximum Gasteiger partial charge on any atom is 0.142 e. The van der Waals surface area contributed by atoms with Crippen LogP contribution >= 0.6 is 11.6 Å². The molecule has 0 amide bonds. The zero-order valence-corrected chi connectivity index (χ0v) is 10.9. The van der Waals surface area contributed by atoms with Gasteiger partial charge in [-0.3, -0.25) is 4.90 Å². The van der Waals surface area contributed by atoms with Gasteiger partial charge < -0.3 is 0 Å². The van der Waals surface area contributed by atoms with Gasteiger partial charge in [0.25, 0.3) is 0 Å². The zero-order valence-electron chi connectivity index (χ0n) is 10.2. The lowest BCUT2D eigenvalue weighted by Gasteiger charge is -2.20. The first-order valence-electron chi connectivity index (χ1n) is 5.96. The predicted molar refractivity (Wildman–Crippen MR) is 73.3 cm³/mol. The van der Waals surface area contributed by atoms with E-state index in [1.54, 1.807) is 12.4 Å². The van der Waals surface area contributed by atoms with E-state index < -0.39 is 0 Å². The molecule has 0 aliphatic heterocycles. The summed E-state index contributed by atoms with van der Waals surface area (Å²) in [6, 6.07) is 12.2. The number of hydrogen-bond acceptors (Lipinski definition) is 3. The largest absolute Gasteiger partial charge is 0.290 e. The van der Waals surface area contributed by atoms with Gasteiger partial charge in [0.15, 0.2) is 0 Å². The minimum Gasteiger partial charge on any atom is -0.290 e. The molecule has 0 N–H and O–H groups in total. The van der Waals surface area contributed by atoms with Crippen LogP contribution in [0, 0.1) is 0 Å². The number of halogens is 1. The van der Waals surface area contributed by atoms with Crippen molar-refractivity contribution in [3.63, 3.8) is 0 Å². The van der Waals surface area contributed by atoms with E-state index in [0.717, 1.165) is 25.5 Å². The van der Waals surface area contributed by atoms with Gasteiger partial charge in [0.05, 0.1) is 6.54 Å². The van der Waals surface area contributed by atoms with Gasteiger partial charge in [0.2, 0.25) is 0 Å². The van der Waals surface area contributed by atoms with E-state index in [0.29, 0.717) is 5.88 Å². The first kappa shape index (κ1) is 13.0. The molecule has 18 heavy (non-hydrogen) atoms. The van der Waals surface area contributed by atoms with E-state index in [4.69, 9.17) is 11.6 Å². The molecular weight excluding hydrogens is 246 g/mol. The van der Waals surface area contributed by atoms with E-state index >= 15 is 0 Å². The van der Waals surface area contributed by atoms with E-state index in [1.165, 1.54) is 5.56 Å². The van der Waals surface area contributed by atoms with Crippen molar-refractivity contribution >= 4 is 11.6 Å². The standard InChI is InChI=1S/C14H16ClN3/c15-7-10-18(11-13-5-2-1-3-6-13)12-14-16-8-4-9-17-14/h1-6,8-9H,7,10-12H2. The van der Waals surface area contributed by atoms with Crippen molar-refractivity contribution in [1.82, 2.24) is 14.9 Å². The Hall–Kier alpha value is -1.45. The highest BCUT2D eigenvalue weighted by Gasteiger charge is 2.07. The zero-order chi connectivity index (χ0) is 12.6. The smallest absolute Gasteiger partial charge is 0.142 e. The summed E-state index contributed by atoms with van der Waals surface area (Å²) in [6.07, 6.45) is 3.54. The number of aromatic nitrogens is 2. The van der Waals surface area contributed by atoms with E-state index in [2.05, 4.69) is 27.0 Å². The molecule has 0 atom stereocenters. The topological polar surface area (TPSA) is 29.0 Å². The van der Waals surface area contributed by atoms with Gasteiger partial charge in [-0.1, -0.05) is 30.3 Å². The van der Waals surface area contributed by atoms with E-state index in [-0.39, 0.29) is 0 Å². The summed E-state index contributed by atoms with van der Waals surface area (Å²) in [5, 5.41) is 0. The van der Waals surface area contributed by atoms with Crippen LogP contribution in [0.25, 0.3) is 0 Å². The Bertz CT molecular complexity index is 406. The summed E-state index contributed by atoms with van der Waals surface area (Å²) in [5.41, 5.74) is 1.28. The van der Waals surface area contributed by atoms with Crippen LogP contribution < -0.4 is 0 Å². The first-order valence-corrected chi connectivity index (χ1v) is 6.50. The van der Waals surface area contributed by atoms with Crippen molar-refractivity contribution < 1.29 is 0 Å². The van der Waals surface area contributed by atoms with Crippen LogP contribution in [-0.2, 0) is 13.1 Å². The minimum absolute atomic E-state index is 0.611. The molecule has 1 heterocycles. The second kappa shape index (κ2) is 7.09. The summed E-state index contributed by atoms with van der Waals surface area (Å²) in [7, 11) is 0. The normalized spacial score (nSPS) is 10.8. The van der Waals surface area contributed by atoms with Gasteiger partial charge >= 0.3 is 0 Å². The van der Waals surface area contributed by atoms with Crippen LogP contribution in [0.15, 0.2) is 48.8 Å². The molecule has 0 spiro atoms. The van der Waals surface area contributed by atoms with Crippen LogP contribution in [0.4, 0.5) is 0 Å². The highest BCUT2D eigenvalue weighted by molar-refractivity contribution is 6.18. The SMILES string of the molecule is ClCCN(Cc1ccccc1)Cc1ncccn1. The summed E-state index contributed by atoms with van der Waals surface area (Å²) >= 11 is 5.85. The second-order valence-electron chi connectivity index (χ2n) is 4.05. The third-order valence-electron chi connectivity index (χ3n) is 2.63. The lowest BCUT2D eigenvalue weighted by Crippen LogP contribution is -2.25.